The summed E-state index contributed by atoms with van der Waals surface area (Å²) in [6.07, 6.45) is 6.90. The second kappa shape index (κ2) is 6.87. The summed E-state index contributed by atoms with van der Waals surface area (Å²) in [6.45, 7) is 3.45. The van der Waals surface area contributed by atoms with Crippen LogP contribution >= 0.6 is 11.6 Å². The summed E-state index contributed by atoms with van der Waals surface area (Å²) < 4.78 is 0. The Morgan fingerprint density at radius 3 is 2.79 bits per heavy atom. The topological polar surface area (TPSA) is 65.1 Å². The van der Waals surface area contributed by atoms with Gasteiger partial charge in [-0.15, -0.1) is 0 Å². The van der Waals surface area contributed by atoms with Gasteiger partial charge in [-0.3, -0.25) is 4.90 Å². The average molecular weight is 396 g/mol. The molecule has 1 aliphatic heterocycles. The summed E-state index contributed by atoms with van der Waals surface area (Å²) in [5.74, 6) is 0.972. The van der Waals surface area contributed by atoms with Crippen LogP contribution in [0.5, 0.6) is 0 Å². The molecule has 2 aromatic heterocycles. The zero-order chi connectivity index (χ0) is 19.1. The van der Waals surface area contributed by atoms with Crippen LogP contribution in [0.15, 0.2) is 42.9 Å². The maximum Gasteiger partial charge on any atom is 0.142 e. The third-order valence-electron chi connectivity index (χ3n) is 6.06. The van der Waals surface area contributed by atoms with Crippen molar-refractivity contribution >= 4 is 34.7 Å². The van der Waals surface area contributed by atoms with Gasteiger partial charge in [0.15, 0.2) is 0 Å². The van der Waals surface area contributed by atoms with Crippen LogP contribution in [-0.2, 0) is 4.79 Å². The zero-order valence-corrected chi connectivity index (χ0v) is 16.3. The van der Waals surface area contributed by atoms with E-state index in [1.807, 2.05) is 36.5 Å². The number of aldehydes is 1. The highest BCUT2D eigenvalue weighted by Crippen LogP contribution is 2.49. The number of halogens is 1. The van der Waals surface area contributed by atoms with Crippen molar-refractivity contribution in [2.24, 2.45) is 5.41 Å². The molecule has 1 unspecified atom stereocenters. The Kier molecular flexibility index (Phi) is 4.33. The Morgan fingerprint density at radius 2 is 2.00 bits per heavy atom. The second-order valence-electron chi connectivity index (χ2n) is 7.93. The van der Waals surface area contributed by atoms with Crippen LogP contribution in [0.1, 0.15) is 24.4 Å². The number of aromatic amines is 1. The molecule has 1 spiro atoms. The molecule has 2 aliphatic rings. The highest BCUT2D eigenvalue weighted by molar-refractivity contribution is 6.31. The molecule has 0 radical (unpaired) electrons. The van der Waals surface area contributed by atoms with E-state index in [4.69, 9.17) is 11.6 Å². The minimum absolute atomic E-state index is 0.215. The van der Waals surface area contributed by atoms with Gasteiger partial charge in [-0.2, -0.15) is 0 Å². The van der Waals surface area contributed by atoms with Gasteiger partial charge in [0.25, 0.3) is 0 Å². The summed E-state index contributed by atoms with van der Waals surface area (Å²) >= 11 is 6.41. The molecule has 1 aromatic carbocycles. The van der Waals surface area contributed by atoms with E-state index in [-0.39, 0.29) is 11.5 Å². The monoisotopic (exact) mass is 395 g/mol. The number of rotatable bonds is 4. The van der Waals surface area contributed by atoms with Crippen molar-refractivity contribution in [3.05, 3.63) is 53.4 Å². The molecule has 3 aromatic rings. The highest BCUT2D eigenvalue weighted by Gasteiger charge is 2.48. The molecule has 0 bridgehead atoms. The zero-order valence-electron chi connectivity index (χ0n) is 15.5. The van der Waals surface area contributed by atoms with Crippen molar-refractivity contribution < 1.29 is 4.79 Å². The van der Waals surface area contributed by atoms with E-state index in [1.165, 1.54) is 12.8 Å². The molecular formula is C21H22ClN5O. The van der Waals surface area contributed by atoms with Crippen molar-refractivity contribution in [2.45, 2.75) is 18.9 Å². The Morgan fingerprint density at radius 1 is 1.14 bits per heavy atom. The number of hydrogen-bond donors (Lipinski definition) is 1. The first-order chi connectivity index (χ1) is 13.7. The number of aromatic nitrogens is 3. The average Bonchev–Trinajstić information content (AvgIpc) is 3.34. The van der Waals surface area contributed by atoms with E-state index >= 15 is 0 Å². The fourth-order valence-corrected chi connectivity index (χ4v) is 4.63. The van der Waals surface area contributed by atoms with Crippen LogP contribution < -0.4 is 4.90 Å². The molecule has 1 aliphatic carbocycles. The minimum Gasteiger partial charge on any atom is -0.354 e. The number of carbonyl (C=O) groups is 1. The number of nitrogens with zero attached hydrogens (tertiary/aromatic N) is 4. The maximum atomic E-state index is 12.1. The molecule has 28 heavy (non-hydrogen) atoms. The third-order valence-corrected chi connectivity index (χ3v) is 6.40. The van der Waals surface area contributed by atoms with Crippen molar-refractivity contribution in [2.75, 3.05) is 31.1 Å². The summed E-state index contributed by atoms with van der Waals surface area (Å²) in [5.41, 5.74) is 1.96. The van der Waals surface area contributed by atoms with Gasteiger partial charge in [0.05, 0.1) is 11.4 Å². The van der Waals surface area contributed by atoms with Crippen LogP contribution in [0.2, 0.25) is 5.02 Å². The molecule has 0 amide bonds. The SMILES string of the molecule is O=CC(c1ccccc1Cl)N1CCN(c2ncnc3[nH]ccc23)CC2(CC2)C1. The summed E-state index contributed by atoms with van der Waals surface area (Å²) in [4.78, 5) is 28.8. The first-order valence-electron chi connectivity index (χ1n) is 9.66. The highest BCUT2D eigenvalue weighted by atomic mass is 35.5. The van der Waals surface area contributed by atoms with Gasteiger partial charge in [-0.25, -0.2) is 9.97 Å². The normalized spacial score (nSPS) is 20.2. The van der Waals surface area contributed by atoms with E-state index in [1.54, 1.807) is 6.33 Å². The van der Waals surface area contributed by atoms with Crippen LogP contribution in [0.4, 0.5) is 5.82 Å². The predicted molar refractivity (Wildman–Crippen MR) is 110 cm³/mol. The van der Waals surface area contributed by atoms with E-state index in [0.717, 1.165) is 54.9 Å². The van der Waals surface area contributed by atoms with Gasteiger partial charge in [0.1, 0.15) is 24.1 Å². The van der Waals surface area contributed by atoms with Gasteiger partial charge in [0, 0.05) is 42.8 Å². The number of H-pyrrole nitrogens is 1. The fourth-order valence-electron chi connectivity index (χ4n) is 4.39. The summed E-state index contributed by atoms with van der Waals surface area (Å²) in [7, 11) is 0. The number of nitrogens with one attached hydrogen (secondary N) is 1. The number of anilines is 1. The van der Waals surface area contributed by atoms with Gasteiger partial charge in [-0.05, 0) is 30.5 Å². The van der Waals surface area contributed by atoms with Crippen LogP contribution in [0.3, 0.4) is 0 Å². The van der Waals surface area contributed by atoms with Crippen molar-refractivity contribution in [3.8, 4) is 0 Å². The van der Waals surface area contributed by atoms with E-state index in [9.17, 15) is 4.79 Å². The molecule has 5 rings (SSSR count). The molecular weight excluding hydrogens is 374 g/mol. The fraction of sp³-hybridized carbons (Fsp3) is 0.381. The Bertz CT molecular complexity index is 1010. The lowest BCUT2D eigenvalue weighted by molar-refractivity contribution is -0.112. The Labute approximate surface area is 168 Å². The molecule has 2 fully saturated rings. The van der Waals surface area contributed by atoms with E-state index in [2.05, 4.69) is 24.8 Å². The minimum atomic E-state index is -0.316. The van der Waals surface area contributed by atoms with Crippen LogP contribution in [0.25, 0.3) is 11.0 Å². The van der Waals surface area contributed by atoms with Crippen molar-refractivity contribution in [1.29, 1.82) is 0 Å². The third kappa shape index (κ3) is 3.06. The Balaban J connectivity index is 1.46. The van der Waals surface area contributed by atoms with Crippen LogP contribution in [-0.4, -0.2) is 52.3 Å². The smallest absolute Gasteiger partial charge is 0.142 e. The van der Waals surface area contributed by atoms with Crippen molar-refractivity contribution in [3.63, 3.8) is 0 Å². The summed E-state index contributed by atoms with van der Waals surface area (Å²) in [5, 5.41) is 1.69. The maximum absolute atomic E-state index is 12.1. The van der Waals surface area contributed by atoms with Gasteiger partial charge in [-0.1, -0.05) is 29.8 Å². The number of carbonyl (C=O) groups excluding carboxylic acids is 1. The Hall–Kier alpha value is -2.44. The lowest BCUT2D eigenvalue weighted by atomic mass is 10.0. The lowest BCUT2D eigenvalue weighted by Crippen LogP contribution is -2.35. The molecule has 3 heterocycles. The molecule has 7 heteroatoms. The van der Waals surface area contributed by atoms with Gasteiger partial charge < -0.3 is 14.7 Å². The molecule has 1 saturated heterocycles. The lowest BCUT2D eigenvalue weighted by Gasteiger charge is -2.29. The van der Waals surface area contributed by atoms with E-state index in [0.29, 0.717) is 5.02 Å². The van der Waals surface area contributed by atoms with E-state index < -0.39 is 0 Å². The molecule has 144 valence electrons. The first kappa shape index (κ1) is 17.6. The van der Waals surface area contributed by atoms with Gasteiger partial charge >= 0.3 is 0 Å². The number of fused-ring (bicyclic) bond motifs is 1. The predicted octanol–water partition coefficient (Wildman–Crippen LogP) is 3.45. The molecule has 1 N–H and O–H groups in total. The number of hydrogen-bond acceptors (Lipinski definition) is 5. The van der Waals surface area contributed by atoms with Gasteiger partial charge in [0.2, 0.25) is 0 Å². The standard InChI is InChI=1S/C21H22ClN5O/c22-17-4-2-1-3-15(17)18(11-28)26-9-10-27(13-21(12-26)6-7-21)20-16-5-8-23-19(16)24-14-25-20/h1-5,8,11,14,18H,6-7,9-10,12-13H2,(H,23,24,25). The largest absolute Gasteiger partial charge is 0.354 e. The van der Waals surface area contributed by atoms with Crippen molar-refractivity contribution in [1.82, 2.24) is 19.9 Å². The number of benzene rings is 1. The van der Waals surface area contributed by atoms with Crippen LogP contribution in [0, 0.1) is 5.41 Å². The quantitative estimate of drug-likeness (QED) is 0.685. The second-order valence-corrected chi connectivity index (χ2v) is 8.34. The summed E-state index contributed by atoms with van der Waals surface area (Å²) in [6, 6.07) is 9.37. The first-order valence-corrected chi connectivity index (χ1v) is 10.0. The molecule has 1 saturated carbocycles. The molecule has 6 nitrogen and oxygen atoms in total. The molecule has 1 atom stereocenters.